The van der Waals surface area contributed by atoms with E-state index in [-0.39, 0.29) is 7.25 Å². The summed E-state index contributed by atoms with van der Waals surface area (Å²) in [7, 11) is 21.1. The van der Waals surface area contributed by atoms with Crippen LogP contribution in [0.15, 0.2) is 72.3 Å². The summed E-state index contributed by atoms with van der Waals surface area (Å²) < 4.78 is 4.36. The molecule has 207 valence electrons. The first-order valence-electron chi connectivity index (χ1n) is 14.3. The van der Waals surface area contributed by atoms with Crippen molar-refractivity contribution >= 4 is 35.1 Å². The number of halogens is 2. The van der Waals surface area contributed by atoms with Gasteiger partial charge < -0.3 is 0 Å². The van der Waals surface area contributed by atoms with Crippen molar-refractivity contribution in [3.8, 4) is 22.8 Å². The Hall–Kier alpha value is -1.98. The predicted octanol–water partition coefficient (Wildman–Crippen LogP) is 8.86. The summed E-state index contributed by atoms with van der Waals surface area (Å²) in [4.78, 5) is 9.41. The van der Waals surface area contributed by atoms with Gasteiger partial charge in [0.25, 0.3) is 0 Å². The third-order valence-corrected chi connectivity index (χ3v) is 61.3. The molecule has 0 amide bonds. The first-order chi connectivity index (χ1) is 19.1. The Morgan fingerprint density at radius 2 is 1.18 bits per heavy atom. The van der Waals surface area contributed by atoms with Gasteiger partial charge in [0.15, 0.2) is 0 Å². The summed E-state index contributed by atoms with van der Waals surface area (Å²) in [5.41, 5.74) is 10.2. The summed E-state index contributed by atoms with van der Waals surface area (Å²) in [5.74, 6) is 0.352. The van der Waals surface area contributed by atoms with Gasteiger partial charge in [0.05, 0.1) is 0 Å². The van der Waals surface area contributed by atoms with Crippen LogP contribution in [0.1, 0.15) is 56.2 Å². The van der Waals surface area contributed by atoms with Crippen molar-refractivity contribution in [3.05, 3.63) is 94.6 Å². The van der Waals surface area contributed by atoms with E-state index >= 15 is 0 Å². The van der Waals surface area contributed by atoms with Crippen LogP contribution in [-0.2, 0) is 29.7 Å². The van der Waals surface area contributed by atoms with Crippen molar-refractivity contribution in [3.63, 3.8) is 0 Å². The van der Waals surface area contributed by atoms with Gasteiger partial charge in [0.1, 0.15) is 0 Å². The fourth-order valence-corrected chi connectivity index (χ4v) is 39.1. The van der Waals surface area contributed by atoms with Crippen molar-refractivity contribution in [2.75, 3.05) is 0 Å². The normalized spacial score (nSPS) is 19.3. The summed E-state index contributed by atoms with van der Waals surface area (Å²) in [5, 5.41) is 0. The molecule has 2 aromatic heterocycles. The van der Waals surface area contributed by atoms with Crippen LogP contribution in [-0.4, -0.2) is 25.0 Å². The second-order valence-electron chi connectivity index (χ2n) is 11.7. The summed E-state index contributed by atoms with van der Waals surface area (Å²) in [6.45, 7) is 9.34. The van der Waals surface area contributed by atoms with Crippen molar-refractivity contribution in [2.45, 2.75) is 47.0 Å². The van der Waals surface area contributed by atoms with Gasteiger partial charge in [-0.25, -0.2) is 0 Å². The van der Waals surface area contributed by atoms with Crippen LogP contribution < -0.4 is 0 Å². The third-order valence-electron chi connectivity index (χ3n) is 9.45. The van der Waals surface area contributed by atoms with Gasteiger partial charge in [-0.1, -0.05) is 0 Å². The molecule has 0 bridgehead atoms. The summed E-state index contributed by atoms with van der Waals surface area (Å²) in [6, 6.07) is 13.3. The maximum atomic E-state index is 8.48. The number of nitrogens with zero attached hydrogens (tertiary/aromatic N) is 4. The molecule has 2 aliphatic rings. The van der Waals surface area contributed by atoms with Crippen LogP contribution in [0.4, 0.5) is 0 Å². The molecule has 0 saturated heterocycles. The molecule has 2 aromatic carbocycles. The van der Waals surface area contributed by atoms with Gasteiger partial charge in [-0.2, -0.15) is 0 Å². The molecule has 2 aliphatic carbocycles. The first-order valence-corrected chi connectivity index (χ1v) is 30.6. The molecule has 0 spiro atoms. The minimum absolute atomic E-state index is 0.0828. The van der Waals surface area contributed by atoms with Crippen LogP contribution >= 0.6 is 17.0 Å². The van der Waals surface area contributed by atoms with Crippen LogP contribution in [0, 0.1) is 0 Å². The van der Waals surface area contributed by atoms with Gasteiger partial charge in [-0.15, -0.1) is 0 Å². The van der Waals surface area contributed by atoms with E-state index in [4.69, 9.17) is 27.0 Å². The van der Waals surface area contributed by atoms with Crippen molar-refractivity contribution in [2.24, 2.45) is 14.1 Å². The van der Waals surface area contributed by atoms with Gasteiger partial charge in [-0.05, 0) is 0 Å². The van der Waals surface area contributed by atoms with Crippen LogP contribution in [0.25, 0.3) is 34.9 Å². The van der Waals surface area contributed by atoms with Crippen molar-refractivity contribution in [1.82, 2.24) is 19.1 Å². The van der Waals surface area contributed by atoms with E-state index in [1.165, 1.54) is 33.4 Å². The van der Waals surface area contributed by atoms with E-state index in [1.54, 1.807) is 0 Å². The average molecular weight is 668 g/mol. The molecule has 0 saturated carbocycles. The Balaban J connectivity index is 1.60. The number of benzene rings is 2. The summed E-state index contributed by atoms with van der Waals surface area (Å²) >= 11 is -4.75. The molecule has 8 heteroatoms. The molecule has 0 radical (unpaired) electrons. The van der Waals surface area contributed by atoms with Crippen molar-refractivity contribution < 1.29 is 15.6 Å². The van der Waals surface area contributed by atoms with Gasteiger partial charge in [-0.3, -0.25) is 0 Å². The number of aryl methyl sites for hydroxylation is 2. The number of allylic oxidation sites excluding steroid dienone is 2. The quantitative estimate of drug-likeness (QED) is 0.185. The average Bonchev–Trinajstić information content (AvgIpc) is 3.72. The topological polar surface area (TPSA) is 35.6 Å². The molecule has 40 heavy (non-hydrogen) atoms. The number of rotatable bonds is 7. The molecule has 0 N–H and O–H groups in total. The number of hydrogen-bond acceptors (Lipinski definition) is 2. The van der Waals surface area contributed by atoms with E-state index in [1.807, 2.05) is 24.8 Å². The molecular weight excluding hydrogens is 631 g/mol. The van der Waals surface area contributed by atoms with E-state index in [0.29, 0.717) is 0 Å². The molecule has 2 heterocycles. The number of fused-ring (bicyclic) bond motifs is 2. The Morgan fingerprint density at radius 1 is 0.750 bits per heavy atom. The van der Waals surface area contributed by atoms with E-state index < -0.39 is 21.5 Å². The molecule has 4 nitrogen and oxygen atoms in total. The summed E-state index contributed by atoms with van der Waals surface area (Å²) in [6.07, 6.45) is 14.4. The molecule has 0 fully saturated rings. The molecule has 6 rings (SSSR count). The molecule has 2 unspecified atom stereocenters. The fourth-order valence-electron chi connectivity index (χ4n) is 7.32. The molecular formula is C32H37Cl2N4SiZr. The Morgan fingerprint density at radius 3 is 1.50 bits per heavy atom. The maximum absolute atomic E-state index is 8.48. The van der Waals surface area contributed by atoms with Crippen LogP contribution in [0.3, 0.4) is 0 Å². The van der Waals surface area contributed by atoms with Crippen molar-refractivity contribution in [1.29, 1.82) is 0 Å². The predicted molar refractivity (Wildman–Crippen MR) is 170 cm³/mol. The Labute approximate surface area is 246 Å². The molecule has 4 aromatic rings. The number of imidazole rings is 2. The third kappa shape index (κ3) is 3.93. The fraction of sp³-hybridized carbons (Fsp3) is 0.312. The van der Waals surface area contributed by atoms with E-state index in [9.17, 15) is 0 Å². The zero-order chi connectivity index (χ0) is 28.4. The number of aromatic nitrogens is 4. The zero-order valence-corrected chi connectivity index (χ0v) is 29.2. The van der Waals surface area contributed by atoms with E-state index in [0.717, 1.165) is 35.6 Å². The first kappa shape index (κ1) is 28.2. The molecule has 0 aliphatic heterocycles. The van der Waals surface area contributed by atoms with Crippen LogP contribution in [0.5, 0.6) is 0 Å². The second-order valence-corrected chi connectivity index (χ2v) is 54.2. The second kappa shape index (κ2) is 10.1. The molecule has 2 atom stereocenters. The SMILES string of the molecule is CCC1=Cc2c(-c3nccn3C)cccc2[CH]1[Zr]([Cl])([Cl])([CH]1C(CC)=Cc2c(-c3nccn3C)cccc21)[SiH](C)C. The Bertz CT molecular complexity index is 1580. The number of hydrogen-bond donors (Lipinski definition) is 0. The van der Waals surface area contributed by atoms with Gasteiger partial charge in [0, 0.05) is 0 Å². The standard InChI is InChI=1S/2C15H15N2.C2H7Si.2ClH.Zr/c2*1-3-11-9-12-5-4-6-13(14(12)10-11)15-16-7-8-17(15)2;1-3-2;;;/h2*4-10H,3H2,1-2H3;3H,1-2H3;2*1H;/q;;;;;+2/p-2. The Kier molecular flexibility index (Phi) is 7.10. The van der Waals surface area contributed by atoms with Crippen LogP contribution in [0.2, 0.25) is 13.1 Å². The van der Waals surface area contributed by atoms with Gasteiger partial charge in [0.2, 0.25) is 0 Å². The monoisotopic (exact) mass is 665 g/mol. The van der Waals surface area contributed by atoms with E-state index in [2.05, 4.69) is 98.7 Å². The van der Waals surface area contributed by atoms with Gasteiger partial charge >= 0.3 is 248 Å². The minimum atomic E-state index is -4.75. The zero-order valence-electron chi connectivity index (χ0n) is 24.1.